The molecule has 0 fully saturated rings. The molecule has 5 heteroatoms. The number of rotatable bonds is 6. The summed E-state index contributed by atoms with van der Waals surface area (Å²) in [5, 5.41) is 5.64. The van der Waals surface area contributed by atoms with Crippen LogP contribution in [0.15, 0.2) is 24.3 Å². The van der Waals surface area contributed by atoms with Gasteiger partial charge in [0.05, 0.1) is 5.92 Å². The van der Waals surface area contributed by atoms with Crippen molar-refractivity contribution in [2.75, 3.05) is 11.9 Å². The van der Waals surface area contributed by atoms with E-state index in [0.29, 0.717) is 17.8 Å². The van der Waals surface area contributed by atoms with Gasteiger partial charge in [0.25, 0.3) is 5.91 Å². The van der Waals surface area contributed by atoms with Crippen LogP contribution in [0.25, 0.3) is 0 Å². The summed E-state index contributed by atoms with van der Waals surface area (Å²) in [6, 6.07) is 6.97. The van der Waals surface area contributed by atoms with Gasteiger partial charge in [-0.2, -0.15) is 0 Å². The molecule has 1 unspecified atom stereocenters. The Morgan fingerprint density at radius 2 is 1.86 bits per heavy atom. The van der Waals surface area contributed by atoms with Gasteiger partial charge in [-0.05, 0) is 38.0 Å². The monoisotopic (exact) mass is 291 g/mol. The Bertz CT molecular complexity index is 498. The number of hydrogen-bond donors (Lipinski definition) is 3. The summed E-state index contributed by atoms with van der Waals surface area (Å²) < 4.78 is 0. The fraction of sp³-hybridized carbons (Fsp3) is 0.500. The highest BCUT2D eigenvalue weighted by atomic mass is 16.2. The number of amides is 2. The van der Waals surface area contributed by atoms with E-state index in [1.807, 2.05) is 27.7 Å². The summed E-state index contributed by atoms with van der Waals surface area (Å²) in [5.74, 6) is -0.338. The van der Waals surface area contributed by atoms with Crippen LogP contribution in [-0.2, 0) is 4.79 Å². The summed E-state index contributed by atoms with van der Waals surface area (Å²) in [5.41, 5.74) is 6.77. The standard InChI is InChI=1S/C16H25N3O2/c1-10(2)14(9-17)16(21)19-13-7-5-6-12(8-13)15(20)18-11(3)4/h5-8,10-11,14H,9,17H2,1-4H3,(H,18,20)(H,19,21). The lowest BCUT2D eigenvalue weighted by molar-refractivity contribution is -0.120. The summed E-state index contributed by atoms with van der Waals surface area (Å²) in [6.45, 7) is 8.03. The molecule has 2 amide bonds. The molecule has 1 rings (SSSR count). The molecule has 21 heavy (non-hydrogen) atoms. The number of carbonyl (C=O) groups excluding carboxylic acids is 2. The van der Waals surface area contributed by atoms with E-state index in [9.17, 15) is 9.59 Å². The van der Waals surface area contributed by atoms with Crippen LogP contribution >= 0.6 is 0 Å². The van der Waals surface area contributed by atoms with E-state index in [4.69, 9.17) is 5.73 Å². The van der Waals surface area contributed by atoms with Gasteiger partial charge in [-0.25, -0.2) is 0 Å². The van der Waals surface area contributed by atoms with Crippen LogP contribution in [0, 0.1) is 11.8 Å². The van der Waals surface area contributed by atoms with Crippen molar-refractivity contribution in [3.63, 3.8) is 0 Å². The number of carbonyl (C=O) groups is 2. The topological polar surface area (TPSA) is 84.2 Å². The van der Waals surface area contributed by atoms with Crippen LogP contribution in [-0.4, -0.2) is 24.4 Å². The Kier molecular flexibility index (Phi) is 6.37. The van der Waals surface area contributed by atoms with Gasteiger partial charge in [-0.1, -0.05) is 19.9 Å². The summed E-state index contributed by atoms with van der Waals surface area (Å²) in [6.07, 6.45) is 0. The highest BCUT2D eigenvalue weighted by molar-refractivity contribution is 5.97. The summed E-state index contributed by atoms with van der Waals surface area (Å²) >= 11 is 0. The minimum atomic E-state index is -0.238. The minimum absolute atomic E-state index is 0.0679. The second kappa shape index (κ2) is 7.78. The van der Waals surface area contributed by atoms with E-state index in [1.165, 1.54) is 0 Å². The van der Waals surface area contributed by atoms with Crippen molar-refractivity contribution >= 4 is 17.5 Å². The van der Waals surface area contributed by atoms with Crippen LogP contribution in [0.2, 0.25) is 0 Å². The largest absolute Gasteiger partial charge is 0.350 e. The molecule has 0 saturated carbocycles. The van der Waals surface area contributed by atoms with E-state index < -0.39 is 0 Å². The van der Waals surface area contributed by atoms with Crippen LogP contribution in [0.5, 0.6) is 0 Å². The zero-order valence-electron chi connectivity index (χ0n) is 13.1. The fourth-order valence-corrected chi connectivity index (χ4v) is 2.00. The highest BCUT2D eigenvalue weighted by Crippen LogP contribution is 2.15. The maximum Gasteiger partial charge on any atom is 0.251 e. The molecule has 1 aromatic carbocycles. The SMILES string of the molecule is CC(C)NC(=O)c1cccc(NC(=O)C(CN)C(C)C)c1. The third-order valence-electron chi connectivity index (χ3n) is 3.21. The molecular formula is C16H25N3O2. The van der Waals surface area contributed by atoms with Crippen molar-refractivity contribution in [3.05, 3.63) is 29.8 Å². The van der Waals surface area contributed by atoms with Crippen LogP contribution in [0.4, 0.5) is 5.69 Å². The molecule has 0 aliphatic rings. The Morgan fingerprint density at radius 1 is 1.19 bits per heavy atom. The number of hydrogen-bond acceptors (Lipinski definition) is 3. The Labute approximate surface area is 126 Å². The van der Waals surface area contributed by atoms with Crippen molar-refractivity contribution in [1.82, 2.24) is 5.32 Å². The van der Waals surface area contributed by atoms with E-state index in [1.54, 1.807) is 24.3 Å². The highest BCUT2D eigenvalue weighted by Gasteiger charge is 2.20. The zero-order valence-corrected chi connectivity index (χ0v) is 13.1. The normalized spacial score (nSPS) is 12.3. The quantitative estimate of drug-likeness (QED) is 0.749. The molecule has 116 valence electrons. The third-order valence-corrected chi connectivity index (χ3v) is 3.21. The predicted molar refractivity (Wildman–Crippen MR) is 85.1 cm³/mol. The van der Waals surface area contributed by atoms with Crippen molar-refractivity contribution in [1.29, 1.82) is 0 Å². The molecule has 5 nitrogen and oxygen atoms in total. The molecule has 1 aromatic rings. The van der Waals surface area contributed by atoms with Gasteiger partial charge < -0.3 is 16.4 Å². The Morgan fingerprint density at radius 3 is 2.38 bits per heavy atom. The lowest BCUT2D eigenvalue weighted by Crippen LogP contribution is -2.33. The first kappa shape index (κ1) is 17.2. The second-order valence-corrected chi connectivity index (χ2v) is 5.78. The third kappa shape index (κ3) is 5.19. The smallest absolute Gasteiger partial charge is 0.251 e. The minimum Gasteiger partial charge on any atom is -0.350 e. The zero-order chi connectivity index (χ0) is 16.0. The number of anilines is 1. The average molecular weight is 291 g/mol. The first-order valence-corrected chi connectivity index (χ1v) is 7.27. The molecule has 0 aromatic heterocycles. The molecule has 4 N–H and O–H groups in total. The van der Waals surface area contributed by atoms with Crippen LogP contribution < -0.4 is 16.4 Å². The molecular weight excluding hydrogens is 266 g/mol. The van der Waals surface area contributed by atoms with Crippen molar-refractivity contribution in [2.45, 2.75) is 33.7 Å². The Hall–Kier alpha value is -1.88. The number of benzene rings is 1. The average Bonchev–Trinajstić information content (AvgIpc) is 2.38. The van der Waals surface area contributed by atoms with Gasteiger partial charge in [0, 0.05) is 23.8 Å². The number of nitrogens with one attached hydrogen (secondary N) is 2. The molecule has 0 radical (unpaired) electrons. The Balaban J connectivity index is 2.81. The van der Waals surface area contributed by atoms with E-state index in [2.05, 4.69) is 10.6 Å². The first-order chi connectivity index (χ1) is 9.85. The van der Waals surface area contributed by atoms with Crippen molar-refractivity contribution in [3.8, 4) is 0 Å². The summed E-state index contributed by atoms with van der Waals surface area (Å²) in [7, 11) is 0. The molecule has 0 spiro atoms. The maximum atomic E-state index is 12.2. The predicted octanol–water partition coefficient (Wildman–Crippen LogP) is 1.99. The molecule has 0 aliphatic heterocycles. The van der Waals surface area contributed by atoms with E-state index in [-0.39, 0.29) is 29.7 Å². The van der Waals surface area contributed by atoms with Gasteiger partial charge in [0.2, 0.25) is 5.91 Å². The van der Waals surface area contributed by atoms with Gasteiger partial charge in [-0.3, -0.25) is 9.59 Å². The second-order valence-electron chi connectivity index (χ2n) is 5.78. The van der Waals surface area contributed by atoms with Gasteiger partial charge in [0.15, 0.2) is 0 Å². The van der Waals surface area contributed by atoms with Gasteiger partial charge in [-0.15, -0.1) is 0 Å². The summed E-state index contributed by atoms with van der Waals surface area (Å²) in [4.78, 5) is 24.1. The van der Waals surface area contributed by atoms with Gasteiger partial charge in [0.1, 0.15) is 0 Å². The van der Waals surface area contributed by atoms with Gasteiger partial charge >= 0.3 is 0 Å². The molecule has 0 bridgehead atoms. The maximum absolute atomic E-state index is 12.2. The van der Waals surface area contributed by atoms with Crippen LogP contribution in [0.1, 0.15) is 38.1 Å². The lowest BCUT2D eigenvalue weighted by Gasteiger charge is -2.18. The first-order valence-electron chi connectivity index (χ1n) is 7.27. The molecule has 0 heterocycles. The molecule has 0 saturated heterocycles. The van der Waals surface area contributed by atoms with E-state index in [0.717, 1.165) is 0 Å². The molecule has 1 atom stereocenters. The van der Waals surface area contributed by atoms with Crippen molar-refractivity contribution < 1.29 is 9.59 Å². The van der Waals surface area contributed by atoms with Crippen molar-refractivity contribution in [2.24, 2.45) is 17.6 Å². The lowest BCUT2D eigenvalue weighted by atomic mass is 9.95. The van der Waals surface area contributed by atoms with Crippen LogP contribution in [0.3, 0.4) is 0 Å². The fourth-order valence-electron chi connectivity index (χ4n) is 2.00. The van der Waals surface area contributed by atoms with E-state index >= 15 is 0 Å². The molecule has 0 aliphatic carbocycles. The number of nitrogens with two attached hydrogens (primary N) is 1.